The Balaban J connectivity index is 3.95. The lowest BCUT2D eigenvalue weighted by Gasteiger charge is -2.24. The highest BCUT2D eigenvalue weighted by Crippen LogP contribution is 2.16. The molecule has 2 atom stereocenters. The van der Waals surface area contributed by atoms with Crippen LogP contribution in [0.15, 0.2) is 12.7 Å². The van der Waals surface area contributed by atoms with Gasteiger partial charge in [0.05, 0.1) is 5.60 Å². The number of aliphatic hydroxyl groups excluding tert-OH is 1. The standard InChI is InChI=1S/C7H14O2/c1-4-7(3,9)6(2)5-8/h4,6,8-9H,1,5H2,2-3H3. The molecular formula is C7H14O2. The maximum absolute atomic E-state index is 9.31. The Kier molecular flexibility index (Phi) is 2.88. The first-order valence-corrected chi connectivity index (χ1v) is 3.01. The predicted octanol–water partition coefficient (Wildman–Crippen LogP) is 0.552. The van der Waals surface area contributed by atoms with Crippen molar-refractivity contribution in [3.8, 4) is 0 Å². The van der Waals surface area contributed by atoms with Crippen molar-refractivity contribution in [2.24, 2.45) is 5.92 Å². The molecule has 0 aliphatic rings. The summed E-state index contributed by atoms with van der Waals surface area (Å²) in [6, 6.07) is 0. The fourth-order valence-electron chi connectivity index (χ4n) is 0.386. The second-order valence-corrected chi connectivity index (χ2v) is 2.51. The summed E-state index contributed by atoms with van der Waals surface area (Å²) in [6.07, 6.45) is 1.44. The summed E-state index contributed by atoms with van der Waals surface area (Å²) in [7, 11) is 0. The van der Waals surface area contributed by atoms with Gasteiger partial charge in [-0.3, -0.25) is 0 Å². The van der Waals surface area contributed by atoms with E-state index < -0.39 is 5.60 Å². The average molecular weight is 130 g/mol. The van der Waals surface area contributed by atoms with Gasteiger partial charge in [0.1, 0.15) is 0 Å². The minimum Gasteiger partial charge on any atom is -0.396 e. The molecule has 0 aromatic rings. The van der Waals surface area contributed by atoms with Crippen LogP contribution in [-0.4, -0.2) is 22.4 Å². The monoisotopic (exact) mass is 130 g/mol. The maximum Gasteiger partial charge on any atom is 0.0844 e. The van der Waals surface area contributed by atoms with Gasteiger partial charge >= 0.3 is 0 Å². The molecule has 2 heteroatoms. The van der Waals surface area contributed by atoms with Crippen LogP contribution >= 0.6 is 0 Å². The van der Waals surface area contributed by atoms with Gasteiger partial charge in [-0.1, -0.05) is 13.0 Å². The van der Waals surface area contributed by atoms with Gasteiger partial charge in [0.15, 0.2) is 0 Å². The van der Waals surface area contributed by atoms with Crippen molar-refractivity contribution in [3.05, 3.63) is 12.7 Å². The molecule has 2 unspecified atom stereocenters. The predicted molar refractivity (Wildman–Crippen MR) is 37.1 cm³/mol. The molecule has 0 aliphatic heterocycles. The van der Waals surface area contributed by atoms with E-state index in [9.17, 15) is 5.11 Å². The van der Waals surface area contributed by atoms with Crippen LogP contribution in [0.25, 0.3) is 0 Å². The molecule has 9 heavy (non-hydrogen) atoms. The first-order chi connectivity index (χ1) is 4.04. The van der Waals surface area contributed by atoms with Gasteiger partial charge in [-0.25, -0.2) is 0 Å². The lowest BCUT2D eigenvalue weighted by Crippen LogP contribution is -2.32. The van der Waals surface area contributed by atoms with Crippen molar-refractivity contribution in [3.63, 3.8) is 0 Å². The third kappa shape index (κ3) is 2.16. The molecule has 0 saturated carbocycles. The summed E-state index contributed by atoms with van der Waals surface area (Å²) in [5, 5.41) is 17.9. The Bertz CT molecular complexity index is 97.1. The van der Waals surface area contributed by atoms with Gasteiger partial charge in [0.2, 0.25) is 0 Å². The van der Waals surface area contributed by atoms with Crippen molar-refractivity contribution in [1.29, 1.82) is 0 Å². The van der Waals surface area contributed by atoms with Gasteiger partial charge in [-0.15, -0.1) is 6.58 Å². The summed E-state index contributed by atoms with van der Waals surface area (Å²) in [6.45, 7) is 6.82. The Labute approximate surface area is 55.8 Å². The van der Waals surface area contributed by atoms with Crippen LogP contribution < -0.4 is 0 Å². The fraction of sp³-hybridized carbons (Fsp3) is 0.714. The van der Waals surface area contributed by atoms with E-state index in [0.717, 1.165) is 0 Å². The molecule has 0 aromatic carbocycles. The smallest absolute Gasteiger partial charge is 0.0844 e. The van der Waals surface area contributed by atoms with E-state index in [2.05, 4.69) is 6.58 Å². The summed E-state index contributed by atoms with van der Waals surface area (Å²) in [5.74, 6) is -0.144. The zero-order valence-electron chi connectivity index (χ0n) is 5.96. The van der Waals surface area contributed by atoms with Crippen LogP contribution in [0, 0.1) is 5.92 Å². The highest BCUT2D eigenvalue weighted by Gasteiger charge is 2.22. The van der Waals surface area contributed by atoms with Crippen LogP contribution in [0.5, 0.6) is 0 Å². The summed E-state index contributed by atoms with van der Waals surface area (Å²) in [5.41, 5.74) is -0.936. The van der Waals surface area contributed by atoms with Crippen molar-refractivity contribution in [2.45, 2.75) is 19.4 Å². The molecule has 54 valence electrons. The van der Waals surface area contributed by atoms with E-state index in [1.54, 1.807) is 13.8 Å². The highest BCUT2D eigenvalue weighted by atomic mass is 16.3. The zero-order valence-corrected chi connectivity index (χ0v) is 5.96. The van der Waals surface area contributed by atoms with E-state index in [-0.39, 0.29) is 12.5 Å². The Morgan fingerprint density at radius 1 is 1.78 bits per heavy atom. The van der Waals surface area contributed by atoms with Crippen LogP contribution in [0.2, 0.25) is 0 Å². The molecule has 2 nitrogen and oxygen atoms in total. The van der Waals surface area contributed by atoms with Crippen molar-refractivity contribution >= 4 is 0 Å². The molecular weight excluding hydrogens is 116 g/mol. The number of aliphatic hydroxyl groups is 2. The molecule has 0 spiro atoms. The average Bonchev–Trinajstić information content (AvgIpc) is 1.86. The number of rotatable bonds is 3. The van der Waals surface area contributed by atoms with E-state index in [1.807, 2.05) is 0 Å². The topological polar surface area (TPSA) is 40.5 Å². The molecule has 0 radical (unpaired) electrons. The number of hydrogen-bond acceptors (Lipinski definition) is 2. The molecule has 0 heterocycles. The third-order valence-corrected chi connectivity index (χ3v) is 1.68. The molecule has 0 fully saturated rings. The van der Waals surface area contributed by atoms with E-state index in [4.69, 9.17) is 5.11 Å². The second kappa shape index (κ2) is 2.99. The Morgan fingerprint density at radius 3 is 2.33 bits per heavy atom. The first kappa shape index (κ1) is 8.66. The Morgan fingerprint density at radius 2 is 2.22 bits per heavy atom. The van der Waals surface area contributed by atoms with Crippen molar-refractivity contribution < 1.29 is 10.2 Å². The van der Waals surface area contributed by atoms with Crippen LogP contribution in [-0.2, 0) is 0 Å². The SMILES string of the molecule is C=CC(C)(O)C(C)CO. The molecule has 0 saturated heterocycles. The minimum atomic E-state index is -0.936. The van der Waals surface area contributed by atoms with E-state index >= 15 is 0 Å². The fourth-order valence-corrected chi connectivity index (χ4v) is 0.386. The van der Waals surface area contributed by atoms with Crippen molar-refractivity contribution in [1.82, 2.24) is 0 Å². The van der Waals surface area contributed by atoms with E-state index in [1.165, 1.54) is 6.08 Å². The Hall–Kier alpha value is -0.340. The van der Waals surface area contributed by atoms with Gasteiger partial charge in [-0.2, -0.15) is 0 Å². The molecule has 0 bridgehead atoms. The largest absolute Gasteiger partial charge is 0.396 e. The van der Waals surface area contributed by atoms with Gasteiger partial charge in [-0.05, 0) is 6.92 Å². The zero-order chi connectivity index (χ0) is 7.49. The quantitative estimate of drug-likeness (QED) is 0.548. The third-order valence-electron chi connectivity index (χ3n) is 1.68. The van der Waals surface area contributed by atoms with Crippen molar-refractivity contribution in [2.75, 3.05) is 6.61 Å². The van der Waals surface area contributed by atoms with E-state index in [0.29, 0.717) is 0 Å². The molecule has 2 N–H and O–H groups in total. The maximum atomic E-state index is 9.31. The number of hydrogen-bond donors (Lipinski definition) is 2. The van der Waals surface area contributed by atoms with Gasteiger partial charge < -0.3 is 10.2 Å². The second-order valence-electron chi connectivity index (χ2n) is 2.51. The van der Waals surface area contributed by atoms with Gasteiger partial charge in [0, 0.05) is 12.5 Å². The normalized spacial score (nSPS) is 20.4. The molecule has 0 amide bonds. The lowest BCUT2D eigenvalue weighted by molar-refractivity contribution is 0.0258. The minimum absolute atomic E-state index is 0.0149. The van der Waals surface area contributed by atoms with Crippen LogP contribution in [0.4, 0.5) is 0 Å². The molecule has 0 aromatic heterocycles. The molecule has 0 rings (SSSR count). The first-order valence-electron chi connectivity index (χ1n) is 3.01. The summed E-state index contributed by atoms with van der Waals surface area (Å²) >= 11 is 0. The van der Waals surface area contributed by atoms with Gasteiger partial charge in [0.25, 0.3) is 0 Å². The highest BCUT2D eigenvalue weighted by molar-refractivity contribution is 4.95. The van der Waals surface area contributed by atoms with Crippen LogP contribution in [0.1, 0.15) is 13.8 Å². The molecule has 0 aliphatic carbocycles. The lowest BCUT2D eigenvalue weighted by atomic mass is 9.92. The van der Waals surface area contributed by atoms with Crippen LogP contribution in [0.3, 0.4) is 0 Å². The summed E-state index contributed by atoms with van der Waals surface area (Å²) in [4.78, 5) is 0. The summed E-state index contributed by atoms with van der Waals surface area (Å²) < 4.78 is 0.